The minimum Gasteiger partial charge on any atom is -0.319 e. The Kier molecular flexibility index (Phi) is 5.70. The first-order chi connectivity index (χ1) is 15.1. The molecule has 0 aliphatic carbocycles. The van der Waals surface area contributed by atoms with E-state index in [2.05, 4.69) is 15.5 Å². The fourth-order valence-electron chi connectivity index (χ4n) is 3.15. The van der Waals surface area contributed by atoms with E-state index in [4.69, 9.17) is 23.2 Å². The molecule has 2 heterocycles. The molecule has 2 aromatic heterocycles. The largest absolute Gasteiger partial charge is 0.435 e. The first-order valence-electron chi connectivity index (χ1n) is 9.19. The molecule has 4 aromatic rings. The molecule has 0 saturated carbocycles. The van der Waals surface area contributed by atoms with Crippen molar-refractivity contribution in [2.45, 2.75) is 13.1 Å². The topological polar surface area (TPSA) is 64.7 Å². The Bertz CT molecular complexity index is 1300. The molecule has 6 nitrogen and oxygen atoms in total. The number of nitrogens with one attached hydrogen (secondary N) is 1. The van der Waals surface area contributed by atoms with Crippen molar-refractivity contribution in [2.24, 2.45) is 0 Å². The Hall–Kier alpha value is -3.30. The van der Waals surface area contributed by atoms with Crippen LogP contribution in [0.5, 0.6) is 0 Å². The van der Waals surface area contributed by atoms with Crippen LogP contribution in [0.15, 0.2) is 60.9 Å². The summed E-state index contributed by atoms with van der Waals surface area (Å²) in [6.45, 7) is 1.71. The lowest BCUT2D eigenvalue weighted by molar-refractivity contribution is -0.141. The number of nitrogens with zero attached hydrogens (tertiary/aromatic N) is 4. The van der Waals surface area contributed by atoms with Gasteiger partial charge in [-0.3, -0.25) is 4.79 Å². The fourth-order valence-corrected chi connectivity index (χ4v) is 3.63. The highest BCUT2D eigenvalue weighted by Gasteiger charge is 2.36. The Morgan fingerprint density at radius 2 is 1.81 bits per heavy atom. The average molecular weight is 480 g/mol. The first kappa shape index (κ1) is 21.9. The second-order valence-corrected chi connectivity index (χ2v) is 7.64. The van der Waals surface area contributed by atoms with Crippen LogP contribution >= 0.6 is 23.2 Å². The maximum atomic E-state index is 13.4. The maximum absolute atomic E-state index is 13.4. The molecule has 0 bridgehead atoms. The summed E-state index contributed by atoms with van der Waals surface area (Å²) in [4.78, 5) is 13.2. The van der Waals surface area contributed by atoms with Crippen LogP contribution in [-0.4, -0.2) is 25.5 Å². The summed E-state index contributed by atoms with van der Waals surface area (Å²) in [6.07, 6.45) is -1.56. The predicted molar refractivity (Wildman–Crippen MR) is 115 cm³/mol. The Morgan fingerprint density at radius 1 is 1.06 bits per heavy atom. The van der Waals surface area contributed by atoms with Crippen molar-refractivity contribution in [3.63, 3.8) is 0 Å². The number of hydrogen-bond donors (Lipinski definition) is 1. The summed E-state index contributed by atoms with van der Waals surface area (Å²) in [5, 5.41) is 11.0. The summed E-state index contributed by atoms with van der Waals surface area (Å²) in [6, 6.07) is 11.7. The number of benzene rings is 2. The molecular formula is C21H14Cl2F3N5O. The van der Waals surface area contributed by atoms with Crippen LogP contribution in [-0.2, 0) is 6.18 Å². The minimum absolute atomic E-state index is 0.134. The minimum atomic E-state index is -4.75. The van der Waals surface area contributed by atoms with Crippen LogP contribution in [0.2, 0.25) is 10.0 Å². The number of carbonyl (C=O) groups excluding carboxylic acids is 1. The molecule has 1 N–H and O–H groups in total. The molecule has 4 rings (SSSR count). The molecule has 0 fully saturated rings. The van der Waals surface area contributed by atoms with Gasteiger partial charge in [-0.15, -0.1) is 0 Å². The van der Waals surface area contributed by atoms with Gasteiger partial charge >= 0.3 is 6.18 Å². The van der Waals surface area contributed by atoms with Gasteiger partial charge in [0.25, 0.3) is 5.91 Å². The zero-order valence-electron chi connectivity index (χ0n) is 16.4. The number of para-hydroxylation sites is 1. The zero-order chi connectivity index (χ0) is 23.0. The van der Waals surface area contributed by atoms with E-state index in [0.29, 0.717) is 28.0 Å². The van der Waals surface area contributed by atoms with Crippen LogP contribution in [0, 0.1) is 6.92 Å². The van der Waals surface area contributed by atoms with E-state index in [0.717, 1.165) is 4.68 Å². The number of rotatable bonds is 4. The highest BCUT2D eigenvalue weighted by molar-refractivity contribution is 6.32. The van der Waals surface area contributed by atoms with Gasteiger partial charge in [-0.2, -0.15) is 23.4 Å². The third-order valence-corrected chi connectivity index (χ3v) is 5.12. The summed E-state index contributed by atoms with van der Waals surface area (Å²) in [5.41, 5.74) is -0.0446. The van der Waals surface area contributed by atoms with Crippen molar-refractivity contribution in [3.05, 3.63) is 87.9 Å². The van der Waals surface area contributed by atoms with E-state index in [1.807, 2.05) is 0 Å². The van der Waals surface area contributed by atoms with Gasteiger partial charge < -0.3 is 5.32 Å². The third-order valence-electron chi connectivity index (χ3n) is 4.58. The van der Waals surface area contributed by atoms with Crippen LogP contribution in [0.4, 0.5) is 18.9 Å². The molecule has 0 unspecified atom stereocenters. The molecule has 1 amide bonds. The van der Waals surface area contributed by atoms with E-state index >= 15 is 0 Å². The summed E-state index contributed by atoms with van der Waals surface area (Å²) in [5.74, 6) is -0.813. The molecule has 0 atom stereocenters. The zero-order valence-corrected chi connectivity index (χ0v) is 17.9. The molecule has 164 valence electrons. The fraction of sp³-hybridized carbons (Fsp3) is 0.0952. The smallest absolute Gasteiger partial charge is 0.319 e. The molecule has 0 radical (unpaired) electrons. The van der Waals surface area contributed by atoms with Gasteiger partial charge in [0.1, 0.15) is 5.69 Å². The summed E-state index contributed by atoms with van der Waals surface area (Å²) < 4.78 is 42.5. The SMILES string of the molecule is Cc1cc(Cl)cc(-n2cccn2)c1NC(=O)c1cc(C(F)(F)F)nn1-c1ccccc1Cl. The van der Waals surface area contributed by atoms with E-state index in [9.17, 15) is 18.0 Å². The van der Waals surface area contributed by atoms with E-state index < -0.39 is 17.8 Å². The second kappa shape index (κ2) is 8.33. The van der Waals surface area contributed by atoms with Crippen molar-refractivity contribution in [1.82, 2.24) is 19.6 Å². The van der Waals surface area contributed by atoms with Gasteiger partial charge in [0, 0.05) is 23.5 Å². The number of anilines is 1. The molecule has 0 saturated heterocycles. The van der Waals surface area contributed by atoms with E-state index in [1.165, 1.54) is 16.8 Å². The quantitative estimate of drug-likeness (QED) is 0.393. The summed E-state index contributed by atoms with van der Waals surface area (Å²) in [7, 11) is 0. The van der Waals surface area contributed by atoms with Crippen molar-refractivity contribution < 1.29 is 18.0 Å². The Labute approximate surface area is 190 Å². The van der Waals surface area contributed by atoms with Gasteiger partial charge in [0.05, 0.1) is 22.1 Å². The third kappa shape index (κ3) is 4.21. The van der Waals surface area contributed by atoms with Crippen LogP contribution in [0.25, 0.3) is 11.4 Å². The van der Waals surface area contributed by atoms with Gasteiger partial charge in [-0.05, 0) is 42.8 Å². The summed E-state index contributed by atoms with van der Waals surface area (Å²) >= 11 is 12.3. The van der Waals surface area contributed by atoms with Gasteiger partial charge in [0.15, 0.2) is 5.69 Å². The molecule has 0 aliphatic heterocycles. The highest BCUT2D eigenvalue weighted by Crippen LogP contribution is 2.32. The number of aryl methyl sites for hydroxylation is 1. The van der Waals surface area contributed by atoms with Crippen LogP contribution in [0.1, 0.15) is 21.7 Å². The highest BCUT2D eigenvalue weighted by atomic mass is 35.5. The van der Waals surface area contributed by atoms with Gasteiger partial charge in [0.2, 0.25) is 0 Å². The number of hydrogen-bond acceptors (Lipinski definition) is 3. The van der Waals surface area contributed by atoms with Crippen LogP contribution in [0.3, 0.4) is 0 Å². The predicted octanol–water partition coefficient (Wildman–Crippen LogP) is 5.94. The first-order valence-corrected chi connectivity index (χ1v) is 9.94. The molecular weight excluding hydrogens is 466 g/mol. The van der Waals surface area contributed by atoms with Crippen molar-refractivity contribution in [2.75, 3.05) is 5.32 Å². The number of amides is 1. The van der Waals surface area contributed by atoms with Gasteiger partial charge in [-0.1, -0.05) is 35.3 Å². The number of aromatic nitrogens is 4. The molecule has 0 spiro atoms. The lowest BCUT2D eigenvalue weighted by Gasteiger charge is -2.15. The van der Waals surface area contributed by atoms with Gasteiger partial charge in [-0.25, -0.2) is 9.36 Å². The van der Waals surface area contributed by atoms with Crippen molar-refractivity contribution in [3.8, 4) is 11.4 Å². The second-order valence-electron chi connectivity index (χ2n) is 6.80. The monoisotopic (exact) mass is 479 g/mol. The molecule has 2 aromatic carbocycles. The van der Waals surface area contributed by atoms with E-state index in [-0.39, 0.29) is 16.4 Å². The maximum Gasteiger partial charge on any atom is 0.435 e. The van der Waals surface area contributed by atoms with Crippen LogP contribution < -0.4 is 5.32 Å². The Balaban J connectivity index is 1.82. The molecule has 0 aliphatic rings. The lowest BCUT2D eigenvalue weighted by atomic mass is 10.1. The Morgan fingerprint density at radius 3 is 2.47 bits per heavy atom. The number of halogens is 5. The number of alkyl halides is 3. The van der Waals surface area contributed by atoms with Crippen molar-refractivity contribution >= 4 is 34.8 Å². The standard InChI is InChI=1S/C21H14Cl2F3N5O/c1-12-9-13(22)10-16(30-8-4-7-27-30)19(12)28-20(32)17-11-18(21(24,25)26)29-31(17)15-6-3-2-5-14(15)23/h2-11H,1H3,(H,28,32). The molecule has 32 heavy (non-hydrogen) atoms. The van der Waals surface area contributed by atoms with Crippen molar-refractivity contribution in [1.29, 1.82) is 0 Å². The number of carbonyl (C=O) groups is 1. The average Bonchev–Trinajstić information content (AvgIpc) is 3.40. The van der Waals surface area contributed by atoms with E-state index in [1.54, 1.807) is 49.6 Å². The lowest BCUT2D eigenvalue weighted by Crippen LogP contribution is -2.19. The molecule has 11 heteroatoms. The normalized spacial score (nSPS) is 11.6.